The van der Waals surface area contributed by atoms with Crippen LogP contribution in [0.3, 0.4) is 0 Å². The average Bonchev–Trinajstić information content (AvgIpc) is 2.20. The Morgan fingerprint density at radius 3 is 2.21 bits per heavy atom. The highest BCUT2D eigenvalue weighted by Gasteiger charge is 2.27. The largest absolute Gasteiger partial charge is 0.299 e. The molecule has 0 aromatic heterocycles. The number of rotatable bonds is 3. The van der Waals surface area contributed by atoms with Gasteiger partial charge in [-0.15, -0.1) is 0 Å². The van der Waals surface area contributed by atoms with Gasteiger partial charge in [-0.3, -0.25) is 4.79 Å². The quantitative estimate of drug-likeness (QED) is 0.419. The molecule has 0 N–H and O–H groups in total. The molecule has 0 fully saturated rings. The van der Waals surface area contributed by atoms with E-state index in [9.17, 15) is 4.79 Å². The minimum Gasteiger partial charge on any atom is -0.299 e. The molecule has 1 aromatic carbocycles. The molecule has 0 saturated heterocycles. The van der Waals surface area contributed by atoms with Gasteiger partial charge in [0.15, 0.2) is 0 Å². The molecular weight excluding hydrogens is 188 g/mol. The van der Waals surface area contributed by atoms with E-state index >= 15 is 0 Å². The summed E-state index contributed by atoms with van der Waals surface area (Å²) in [6, 6.07) is 10.3. The van der Waals surface area contributed by atoms with E-state index in [1.165, 1.54) is 5.19 Å². The average molecular weight is 204 g/mol. The van der Waals surface area contributed by atoms with Crippen LogP contribution in [0, 0.1) is 0 Å². The highest BCUT2D eigenvalue weighted by atomic mass is 28.3. The molecule has 0 spiro atoms. The Morgan fingerprint density at radius 2 is 1.79 bits per heavy atom. The Morgan fingerprint density at radius 1 is 1.21 bits per heavy atom. The zero-order chi connectivity index (χ0) is 10.6. The number of benzene rings is 1. The van der Waals surface area contributed by atoms with Crippen molar-refractivity contribution in [2.45, 2.75) is 20.0 Å². The topological polar surface area (TPSA) is 17.1 Å². The molecule has 0 bridgehead atoms. The van der Waals surface area contributed by atoms with Gasteiger partial charge in [-0.05, 0) is 12.1 Å². The zero-order valence-electron chi connectivity index (χ0n) is 8.95. The number of carbonyl (C=O) groups is 1. The highest BCUT2D eigenvalue weighted by molar-refractivity contribution is 6.98. The molecule has 0 radical (unpaired) electrons. The van der Waals surface area contributed by atoms with Gasteiger partial charge in [-0.2, -0.15) is 0 Å². The highest BCUT2D eigenvalue weighted by Crippen LogP contribution is 2.12. The Hall–Kier alpha value is -1.15. The molecule has 1 rings (SSSR count). The third-order valence-corrected chi connectivity index (χ3v) is 6.28. The summed E-state index contributed by atoms with van der Waals surface area (Å²) in [5.74, 6) is 0. The van der Waals surface area contributed by atoms with E-state index in [1.807, 2.05) is 31.2 Å². The maximum absolute atomic E-state index is 10.9. The SMILES string of the molecule is C/C=C(/C=O)[Si](C)(C)c1ccccc1. The van der Waals surface area contributed by atoms with Crippen LogP contribution in [0.1, 0.15) is 6.92 Å². The smallest absolute Gasteiger partial charge is 0.142 e. The molecule has 0 amide bonds. The van der Waals surface area contributed by atoms with Crippen molar-refractivity contribution in [3.8, 4) is 0 Å². The van der Waals surface area contributed by atoms with Crippen LogP contribution >= 0.6 is 0 Å². The predicted molar refractivity (Wildman–Crippen MR) is 63.4 cm³/mol. The van der Waals surface area contributed by atoms with Crippen molar-refractivity contribution in [2.75, 3.05) is 0 Å². The monoisotopic (exact) mass is 204 g/mol. The van der Waals surface area contributed by atoms with E-state index in [4.69, 9.17) is 0 Å². The van der Waals surface area contributed by atoms with Crippen LogP contribution in [0.15, 0.2) is 41.6 Å². The predicted octanol–water partition coefficient (Wildman–Crippen LogP) is 2.29. The molecule has 1 aromatic rings. The summed E-state index contributed by atoms with van der Waals surface area (Å²) in [6.07, 6.45) is 2.94. The first kappa shape index (κ1) is 10.9. The van der Waals surface area contributed by atoms with Gasteiger partial charge < -0.3 is 0 Å². The first-order chi connectivity index (χ1) is 6.62. The maximum Gasteiger partial charge on any atom is 0.142 e. The van der Waals surface area contributed by atoms with Gasteiger partial charge in [0.2, 0.25) is 0 Å². The van der Waals surface area contributed by atoms with E-state index in [0.717, 1.165) is 11.5 Å². The normalized spacial score (nSPS) is 12.6. The standard InChI is InChI=1S/C12H16OSi/c1-4-11(10-13)14(2,3)12-8-6-5-7-9-12/h4-10H,1-3H3/b11-4-. The molecule has 0 aliphatic carbocycles. The molecule has 0 aliphatic heterocycles. The molecule has 0 unspecified atom stereocenters. The van der Waals surface area contributed by atoms with Crippen molar-refractivity contribution >= 4 is 19.5 Å². The van der Waals surface area contributed by atoms with Crippen LogP contribution in [0.25, 0.3) is 0 Å². The number of hydrogen-bond acceptors (Lipinski definition) is 1. The van der Waals surface area contributed by atoms with Crippen LogP contribution in [-0.4, -0.2) is 14.4 Å². The molecule has 0 aliphatic rings. The Bertz CT molecular complexity index is 339. The summed E-state index contributed by atoms with van der Waals surface area (Å²) >= 11 is 0. The minimum atomic E-state index is -1.72. The van der Waals surface area contributed by atoms with Crippen LogP contribution in [0.5, 0.6) is 0 Å². The third-order valence-electron chi connectivity index (χ3n) is 2.66. The summed E-state index contributed by atoms with van der Waals surface area (Å²) in [7, 11) is -1.72. The van der Waals surface area contributed by atoms with Crippen molar-refractivity contribution < 1.29 is 4.79 Å². The molecule has 0 atom stereocenters. The molecule has 14 heavy (non-hydrogen) atoms. The van der Waals surface area contributed by atoms with Gasteiger partial charge in [0, 0.05) is 0 Å². The number of hydrogen-bond donors (Lipinski definition) is 0. The van der Waals surface area contributed by atoms with Gasteiger partial charge in [0.25, 0.3) is 0 Å². The first-order valence-corrected chi connectivity index (χ1v) is 7.80. The van der Waals surface area contributed by atoms with Crippen LogP contribution in [-0.2, 0) is 4.79 Å². The van der Waals surface area contributed by atoms with Gasteiger partial charge in [-0.1, -0.05) is 54.7 Å². The first-order valence-electron chi connectivity index (χ1n) is 4.80. The Balaban J connectivity index is 3.14. The summed E-state index contributed by atoms with van der Waals surface area (Å²) in [6.45, 7) is 6.33. The van der Waals surface area contributed by atoms with Crippen LogP contribution in [0.2, 0.25) is 13.1 Å². The summed E-state index contributed by atoms with van der Waals surface area (Å²) in [5, 5.41) is 2.27. The van der Waals surface area contributed by atoms with Crippen molar-refractivity contribution in [3.63, 3.8) is 0 Å². The number of allylic oxidation sites excluding steroid dienone is 2. The molecule has 1 nitrogen and oxygen atoms in total. The molecule has 2 heteroatoms. The number of aldehydes is 1. The molecule has 0 saturated carbocycles. The summed E-state index contributed by atoms with van der Waals surface area (Å²) in [5.41, 5.74) is 0. The Labute approximate surface area is 86.5 Å². The van der Waals surface area contributed by atoms with E-state index in [-0.39, 0.29) is 0 Å². The lowest BCUT2D eigenvalue weighted by molar-refractivity contribution is -0.104. The second-order valence-electron chi connectivity index (χ2n) is 3.85. The van der Waals surface area contributed by atoms with Crippen molar-refractivity contribution in [1.29, 1.82) is 0 Å². The lowest BCUT2D eigenvalue weighted by Gasteiger charge is -2.22. The van der Waals surface area contributed by atoms with Gasteiger partial charge in [0.05, 0.1) is 0 Å². The van der Waals surface area contributed by atoms with E-state index in [0.29, 0.717) is 0 Å². The minimum absolute atomic E-state index is 0.962. The van der Waals surface area contributed by atoms with Crippen LogP contribution < -0.4 is 5.19 Å². The van der Waals surface area contributed by atoms with Gasteiger partial charge in [0.1, 0.15) is 14.4 Å². The summed E-state index contributed by atoms with van der Waals surface area (Å²) < 4.78 is 0. The van der Waals surface area contributed by atoms with Crippen molar-refractivity contribution in [1.82, 2.24) is 0 Å². The van der Waals surface area contributed by atoms with E-state index in [2.05, 4.69) is 25.2 Å². The van der Waals surface area contributed by atoms with Gasteiger partial charge >= 0.3 is 0 Å². The molecule has 74 valence electrons. The summed E-state index contributed by atoms with van der Waals surface area (Å²) in [4.78, 5) is 10.9. The fourth-order valence-corrected chi connectivity index (χ4v) is 3.97. The zero-order valence-corrected chi connectivity index (χ0v) is 9.95. The van der Waals surface area contributed by atoms with Gasteiger partial charge in [-0.25, -0.2) is 0 Å². The lowest BCUT2D eigenvalue weighted by Crippen LogP contribution is -2.44. The second kappa shape index (κ2) is 4.38. The van der Waals surface area contributed by atoms with E-state index in [1.54, 1.807) is 0 Å². The van der Waals surface area contributed by atoms with Crippen molar-refractivity contribution in [3.05, 3.63) is 41.6 Å². The maximum atomic E-state index is 10.9. The molecule has 0 heterocycles. The Kier molecular flexibility index (Phi) is 3.41. The number of carbonyl (C=O) groups excluding carboxylic acids is 1. The van der Waals surface area contributed by atoms with E-state index < -0.39 is 8.07 Å². The third kappa shape index (κ3) is 2.01. The second-order valence-corrected chi connectivity index (χ2v) is 8.26. The van der Waals surface area contributed by atoms with Crippen LogP contribution in [0.4, 0.5) is 0 Å². The van der Waals surface area contributed by atoms with Crippen molar-refractivity contribution in [2.24, 2.45) is 0 Å². The molecular formula is C12H16OSi. The fourth-order valence-electron chi connectivity index (χ4n) is 1.60. The lowest BCUT2D eigenvalue weighted by atomic mass is 10.4. The fraction of sp³-hybridized carbons (Fsp3) is 0.250.